The highest BCUT2D eigenvalue weighted by atomic mass is 35.5. The van der Waals surface area contributed by atoms with Crippen LogP contribution < -0.4 is 11.6 Å². The van der Waals surface area contributed by atoms with Gasteiger partial charge in [-0.05, 0) is 0 Å². The minimum Gasteiger partial charge on any atom is -0.304 e. The first-order valence-corrected chi connectivity index (χ1v) is 2.78. The molecular formula is C4H7ClN4. The first-order valence-electron chi connectivity index (χ1n) is 2.40. The molecule has 0 aromatic carbocycles. The van der Waals surface area contributed by atoms with Gasteiger partial charge in [-0.2, -0.15) is 0 Å². The van der Waals surface area contributed by atoms with Gasteiger partial charge in [-0.15, -0.1) is 0 Å². The zero-order valence-corrected chi connectivity index (χ0v) is 5.42. The Bertz CT molecular complexity index is 164. The summed E-state index contributed by atoms with van der Waals surface area (Å²) < 4.78 is 0. The Morgan fingerprint density at radius 1 is 1.78 bits per heavy atom. The Labute approximate surface area is 57.7 Å². The summed E-state index contributed by atoms with van der Waals surface area (Å²) in [4.78, 5) is 3.72. The van der Waals surface area contributed by atoms with Crippen molar-refractivity contribution in [3.8, 4) is 0 Å². The molecule has 0 amide bonds. The Kier molecular flexibility index (Phi) is 1.70. The monoisotopic (exact) mass is 146 g/mol. The number of hydrogen-bond donors (Lipinski definition) is 2. The lowest BCUT2D eigenvalue weighted by atomic mass is 10.5. The maximum absolute atomic E-state index is 5.51. The predicted molar refractivity (Wildman–Crippen MR) is 36.4 cm³/mol. The van der Waals surface area contributed by atoms with Gasteiger partial charge in [-0.1, -0.05) is 11.6 Å². The number of halogens is 1. The summed E-state index contributed by atoms with van der Waals surface area (Å²) in [5, 5.41) is 1.59. The molecule has 50 valence electrons. The van der Waals surface area contributed by atoms with E-state index in [0.29, 0.717) is 5.17 Å². The quantitative estimate of drug-likeness (QED) is 0.456. The third-order valence-electron chi connectivity index (χ3n) is 1.00. The fourth-order valence-electron chi connectivity index (χ4n) is 0.474. The van der Waals surface area contributed by atoms with Gasteiger partial charge < -0.3 is 5.73 Å². The molecule has 1 heterocycles. The van der Waals surface area contributed by atoms with Crippen LogP contribution in [0.25, 0.3) is 0 Å². The van der Waals surface area contributed by atoms with Crippen molar-refractivity contribution in [2.75, 3.05) is 0 Å². The number of rotatable bonds is 0. The lowest BCUT2D eigenvalue weighted by Gasteiger charge is -2.22. The number of aliphatic imine (C=N–C) groups is 1. The molecule has 0 aliphatic carbocycles. The molecule has 9 heavy (non-hydrogen) atoms. The van der Waals surface area contributed by atoms with Gasteiger partial charge in [0.05, 0.1) is 0 Å². The molecule has 4 nitrogen and oxygen atoms in total. The normalized spacial score (nSPS) is 26.3. The van der Waals surface area contributed by atoms with E-state index in [0.717, 1.165) is 0 Å². The minimum atomic E-state index is -0.489. The van der Waals surface area contributed by atoms with Gasteiger partial charge in [0.15, 0.2) is 0 Å². The fraction of sp³-hybridized carbons (Fsp3) is 0.250. The van der Waals surface area contributed by atoms with E-state index in [9.17, 15) is 0 Å². The second-order valence-corrected chi connectivity index (χ2v) is 2.03. The van der Waals surface area contributed by atoms with E-state index in [-0.39, 0.29) is 0 Å². The molecule has 0 fully saturated rings. The Morgan fingerprint density at radius 2 is 2.44 bits per heavy atom. The predicted octanol–water partition coefficient (Wildman–Crippen LogP) is -0.431. The van der Waals surface area contributed by atoms with Crippen LogP contribution in [0.15, 0.2) is 17.4 Å². The van der Waals surface area contributed by atoms with E-state index in [2.05, 4.69) is 4.99 Å². The average molecular weight is 147 g/mol. The molecule has 0 bridgehead atoms. The first-order chi connectivity index (χ1) is 4.22. The zero-order valence-electron chi connectivity index (χ0n) is 4.66. The Hall–Kier alpha value is -0.580. The van der Waals surface area contributed by atoms with E-state index in [4.69, 9.17) is 23.2 Å². The Morgan fingerprint density at radius 3 is 2.89 bits per heavy atom. The van der Waals surface area contributed by atoms with Crippen molar-refractivity contribution < 1.29 is 0 Å². The standard InChI is InChI=1S/C4H7ClN4/c5-3-4(6)9(7)2-1-8-3/h1-2,4H,6-7H2. The number of nitrogens with zero attached hydrogens (tertiary/aromatic N) is 2. The zero-order chi connectivity index (χ0) is 6.85. The van der Waals surface area contributed by atoms with Gasteiger partial charge in [0.25, 0.3) is 0 Å². The topological polar surface area (TPSA) is 67.6 Å². The third-order valence-corrected chi connectivity index (χ3v) is 1.32. The number of hydrazine groups is 1. The molecule has 1 aliphatic rings. The summed E-state index contributed by atoms with van der Waals surface area (Å²) in [6, 6.07) is 0. The summed E-state index contributed by atoms with van der Waals surface area (Å²) in [6.45, 7) is 0. The van der Waals surface area contributed by atoms with Crippen LogP contribution in [0.3, 0.4) is 0 Å². The number of hydrogen-bond acceptors (Lipinski definition) is 4. The van der Waals surface area contributed by atoms with E-state index in [1.807, 2.05) is 0 Å². The molecule has 1 unspecified atom stereocenters. The van der Waals surface area contributed by atoms with Gasteiger partial charge in [0.1, 0.15) is 11.3 Å². The Balaban J connectivity index is 2.73. The van der Waals surface area contributed by atoms with Gasteiger partial charge >= 0.3 is 0 Å². The van der Waals surface area contributed by atoms with Crippen molar-refractivity contribution in [3.63, 3.8) is 0 Å². The maximum atomic E-state index is 5.51. The second-order valence-electron chi connectivity index (χ2n) is 1.64. The highest BCUT2D eigenvalue weighted by Gasteiger charge is 2.13. The van der Waals surface area contributed by atoms with E-state index in [1.54, 1.807) is 6.20 Å². The van der Waals surface area contributed by atoms with Crippen molar-refractivity contribution in [1.29, 1.82) is 0 Å². The van der Waals surface area contributed by atoms with Crippen molar-refractivity contribution in [1.82, 2.24) is 5.01 Å². The molecule has 1 atom stereocenters. The van der Waals surface area contributed by atoms with Crippen LogP contribution in [0, 0.1) is 0 Å². The molecule has 0 saturated carbocycles. The molecule has 0 aromatic rings. The molecule has 0 spiro atoms. The summed E-state index contributed by atoms with van der Waals surface area (Å²) in [6.07, 6.45) is 2.55. The smallest absolute Gasteiger partial charge is 0.145 e. The maximum Gasteiger partial charge on any atom is 0.145 e. The number of nitrogens with two attached hydrogens (primary N) is 2. The molecule has 0 radical (unpaired) electrons. The van der Waals surface area contributed by atoms with Gasteiger partial charge in [0, 0.05) is 12.4 Å². The van der Waals surface area contributed by atoms with Crippen LogP contribution in [0.2, 0.25) is 0 Å². The van der Waals surface area contributed by atoms with Crippen molar-refractivity contribution in [3.05, 3.63) is 12.4 Å². The molecular weight excluding hydrogens is 140 g/mol. The van der Waals surface area contributed by atoms with Gasteiger partial charge in [0.2, 0.25) is 0 Å². The van der Waals surface area contributed by atoms with Crippen LogP contribution in [0.5, 0.6) is 0 Å². The minimum absolute atomic E-state index is 0.306. The van der Waals surface area contributed by atoms with E-state index in [1.165, 1.54) is 11.2 Å². The molecule has 1 rings (SSSR count). The molecule has 0 saturated heterocycles. The van der Waals surface area contributed by atoms with Crippen LogP contribution in [-0.4, -0.2) is 16.3 Å². The summed E-state index contributed by atoms with van der Waals surface area (Å²) in [7, 11) is 0. The van der Waals surface area contributed by atoms with Crippen molar-refractivity contribution in [2.45, 2.75) is 6.17 Å². The molecule has 5 heteroatoms. The highest BCUT2D eigenvalue weighted by Crippen LogP contribution is 2.01. The SMILES string of the molecule is NC1C(Cl)=NC=CN1N. The lowest BCUT2D eigenvalue weighted by molar-refractivity contribution is 0.353. The van der Waals surface area contributed by atoms with E-state index >= 15 is 0 Å². The van der Waals surface area contributed by atoms with Crippen LogP contribution in [0.4, 0.5) is 0 Å². The fourth-order valence-corrected chi connectivity index (χ4v) is 0.643. The summed E-state index contributed by atoms with van der Waals surface area (Å²) in [5.74, 6) is 5.32. The summed E-state index contributed by atoms with van der Waals surface area (Å²) >= 11 is 5.51. The van der Waals surface area contributed by atoms with Crippen LogP contribution in [0.1, 0.15) is 0 Å². The van der Waals surface area contributed by atoms with Gasteiger partial charge in [-0.3, -0.25) is 5.01 Å². The second kappa shape index (κ2) is 2.34. The van der Waals surface area contributed by atoms with Crippen LogP contribution >= 0.6 is 11.6 Å². The molecule has 0 aromatic heterocycles. The largest absolute Gasteiger partial charge is 0.304 e. The molecule has 4 N–H and O–H groups in total. The van der Waals surface area contributed by atoms with E-state index < -0.39 is 6.17 Å². The lowest BCUT2D eigenvalue weighted by Crippen LogP contribution is -2.48. The highest BCUT2D eigenvalue weighted by molar-refractivity contribution is 6.66. The van der Waals surface area contributed by atoms with Crippen molar-refractivity contribution >= 4 is 16.8 Å². The summed E-state index contributed by atoms with van der Waals surface area (Å²) in [5.41, 5.74) is 5.41. The molecule has 1 aliphatic heterocycles. The van der Waals surface area contributed by atoms with Crippen molar-refractivity contribution in [2.24, 2.45) is 16.6 Å². The van der Waals surface area contributed by atoms with Gasteiger partial charge in [-0.25, -0.2) is 10.8 Å². The van der Waals surface area contributed by atoms with Crippen LogP contribution in [-0.2, 0) is 0 Å². The third kappa shape index (κ3) is 1.21. The first kappa shape index (κ1) is 6.54. The average Bonchev–Trinajstić information content (AvgIpc) is 1.83.